The monoisotopic (exact) mass is 268 g/mol. The number of ketones is 1. The molecular formula is C10H5F5O3. The summed E-state index contributed by atoms with van der Waals surface area (Å²) in [6, 6.07) is 0.390. The van der Waals surface area contributed by atoms with Gasteiger partial charge in [-0.2, -0.15) is 13.2 Å². The van der Waals surface area contributed by atoms with Gasteiger partial charge in [0.2, 0.25) is 0 Å². The van der Waals surface area contributed by atoms with Crippen molar-refractivity contribution in [1.82, 2.24) is 0 Å². The third kappa shape index (κ3) is 2.47. The van der Waals surface area contributed by atoms with Gasteiger partial charge in [0.05, 0.1) is 12.7 Å². The molecule has 0 spiro atoms. The third-order valence-electron chi connectivity index (χ3n) is 1.99. The van der Waals surface area contributed by atoms with E-state index in [1.807, 2.05) is 0 Å². The van der Waals surface area contributed by atoms with Crippen molar-refractivity contribution in [2.75, 3.05) is 7.11 Å². The maximum absolute atomic E-state index is 13.4. The first-order chi connectivity index (χ1) is 8.20. The van der Waals surface area contributed by atoms with Gasteiger partial charge in [-0.3, -0.25) is 4.79 Å². The van der Waals surface area contributed by atoms with Crippen LogP contribution in [0.25, 0.3) is 0 Å². The first-order valence-corrected chi connectivity index (χ1v) is 4.38. The maximum Gasteiger partial charge on any atom is 0.419 e. The molecule has 0 aromatic heterocycles. The van der Waals surface area contributed by atoms with Crippen molar-refractivity contribution in [3.8, 4) is 0 Å². The highest BCUT2D eigenvalue weighted by atomic mass is 19.4. The average Bonchev–Trinajstić information content (AvgIpc) is 2.25. The van der Waals surface area contributed by atoms with Gasteiger partial charge in [0, 0.05) is 0 Å². The Hall–Kier alpha value is -1.99. The molecule has 0 aliphatic rings. The van der Waals surface area contributed by atoms with Crippen LogP contribution in [-0.4, -0.2) is 18.9 Å². The average molecular weight is 268 g/mol. The molecule has 1 aromatic rings. The van der Waals surface area contributed by atoms with Gasteiger partial charge in [0.1, 0.15) is 17.2 Å². The quantitative estimate of drug-likeness (QED) is 0.358. The molecule has 0 radical (unpaired) electrons. The van der Waals surface area contributed by atoms with Crippen molar-refractivity contribution in [3.63, 3.8) is 0 Å². The Kier molecular flexibility index (Phi) is 3.68. The third-order valence-corrected chi connectivity index (χ3v) is 1.99. The molecule has 1 aromatic carbocycles. The fourth-order valence-electron chi connectivity index (χ4n) is 1.17. The first-order valence-electron chi connectivity index (χ1n) is 4.38. The van der Waals surface area contributed by atoms with Crippen LogP contribution in [-0.2, 0) is 15.7 Å². The predicted molar refractivity (Wildman–Crippen MR) is 47.7 cm³/mol. The number of hydrogen-bond acceptors (Lipinski definition) is 3. The lowest BCUT2D eigenvalue weighted by Gasteiger charge is -2.10. The minimum Gasteiger partial charge on any atom is -0.463 e. The van der Waals surface area contributed by atoms with Crippen molar-refractivity contribution in [2.24, 2.45) is 0 Å². The summed E-state index contributed by atoms with van der Waals surface area (Å²) < 4.78 is 67.4. The molecule has 8 heteroatoms. The van der Waals surface area contributed by atoms with Crippen LogP contribution < -0.4 is 0 Å². The Balaban J connectivity index is 3.45. The molecule has 0 unspecified atom stereocenters. The summed E-state index contributed by atoms with van der Waals surface area (Å²) in [4.78, 5) is 22.0. The SMILES string of the molecule is COC(=O)C(=O)c1c(F)ccc(C(F)(F)F)c1F. The van der Waals surface area contributed by atoms with Crippen LogP contribution in [0.5, 0.6) is 0 Å². The van der Waals surface area contributed by atoms with E-state index in [1.54, 1.807) is 0 Å². The molecule has 0 heterocycles. The van der Waals surface area contributed by atoms with Crippen LogP contribution in [0.1, 0.15) is 15.9 Å². The molecule has 0 amide bonds. The Morgan fingerprint density at radius 3 is 2.17 bits per heavy atom. The zero-order valence-corrected chi connectivity index (χ0v) is 8.77. The Morgan fingerprint density at radius 1 is 1.17 bits per heavy atom. The van der Waals surface area contributed by atoms with Crippen molar-refractivity contribution in [3.05, 3.63) is 34.9 Å². The highest BCUT2D eigenvalue weighted by Gasteiger charge is 2.38. The van der Waals surface area contributed by atoms with E-state index >= 15 is 0 Å². The van der Waals surface area contributed by atoms with E-state index in [-0.39, 0.29) is 12.1 Å². The molecule has 3 nitrogen and oxygen atoms in total. The molecule has 0 bridgehead atoms. The van der Waals surface area contributed by atoms with E-state index in [4.69, 9.17) is 0 Å². The van der Waals surface area contributed by atoms with E-state index < -0.39 is 40.7 Å². The Labute approximate surface area is 97.2 Å². The molecular weight excluding hydrogens is 263 g/mol. The molecule has 1 rings (SSSR count). The molecule has 0 aliphatic carbocycles. The molecule has 98 valence electrons. The second kappa shape index (κ2) is 4.71. The number of ether oxygens (including phenoxy) is 1. The van der Waals surface area contributed by atoms with E-state index in [0.29, 0.717) is 0 Å². The van der Waals surface area contributed by atoms with Crippen LogP contribution in [0.3, 0.4) is 0 Å². The topological polar surface area (TPSA) is 43.4 Å². The van der Waals surface area contributed by atoms with Crippen LogP contribution in [0.4, 0.5) is 22.0 Å². The fraction of sp³-hybridized carbons (Fsp3) is 0.200. The van der Waals surface area contributed by atoms with Crippen LogP contribution in [0.15, 0.2) is 12.1 Å². The van der Waals surface area contributed by atoms with Crippen molar-refractivity contribution < 1.29 is 36.3 Å². The largest absolute Gasteiger partial charge is 0.463 e. The number of carbonyl (C=O) groups is 2. The van der Waals surface area contributed by atoms with Crippen molar-refractivity contribution >= 4 is 11.8 Å². The molecule has 18 heavy (non-hydrogen) atoms. The predicted octanol–water partition coefficient (Wildman–Crippen LogP) is 2.34. The summed E-state index contributed by atoms with van der Waals surface area (Å²) in [5.41, 5.74) is -3.42. The van der Waals surface area contributed by atoms with Gasteiger partial charge < -0.3 is 4.74 Å². The van der Waals surface area contributed by atoms with Gasteiger partial charge in [-0.05, 0) is 12.1 Å². The number of rotatable bonds is 2. The van der Waals surface area contributed by atoms with Gasteiger partial charge in [-0.15, -0.1) is 0 Å². The molecule has 0 N–H and O–H groups in total. The zero-order valence-electron chi connectivity index (χ0n) is 8.77. The van der Waals surface area contributed by atoms with Gasteiger partial charge in [-0.1, -0.05) is 0 Å². The highest BCUT2D eigenvalue weighted by molar-refractivity contribution is 6.40. The summed E-state index contributed by atoms with van der Waals surface area (Å²) in [6.07, 6.45) is -5.11. The number of Topliss-reactive ketones (excluding diaryl/α,β-unsaturated/α-hetero) is 1. The Bertz CT molecular complexity index is 507. The van der Waals surface area contributed by atoms with Gasteiger partial charge >= 0.3 is 12.1 Å². The zero-order chi connectivity index (χ0) is 14.1. The lowest BCUT2D eigenvalue weighted by molar-refractivity contribution is -0.140. The van der Waals surface area contributed by atoms with E-state index in [9.17, 15) is 31.5 Å². The highest BCUT2D eigenvalue weighted by Crippen LogP contribution is 2.33. The van der Waals surface area contributed by atoms with E-state index in [0.717, 1.165) is 7.11 Å². The smallest absolute Gasteiger partial charge is 0.419 e. The molecule has 0 saturated heterocycles. The summed E-state index contributed by atoms with van der Waals surface area (Å²) in [6.45, 7) is 0. The summed E-state index contributed by atoms with van der Waals surface area (Å²) in [5, 5.41) is 0. The van der Waals surface area contributed by atoms with Crippen LogP contribution in [0.2, 0.25) is 0 Å². The van der Waals surface area contributed by atoms with Crippen molar-refractivity contribution in [1.29, 1.82) is 0 Å². The second-order valence-electron chi connectivity index (χ2n) is 3.10. The number of esters is 1. The number of carbonyl (C=O) groups excluding carboxylic acids is 2. The number of methoxy groups -OCH3 is 1. The molecule has 0 saturated carbocycles. The van der Waals surface area contributed by atoms with Gasteiger partial charge in [0.25, 0.3) is 5.78 Å². The Morgan fingerprint density at radius 2 is 1.72 bits per heavy atom. The van der Waals surface area contributed by atoms with Gasteiger partial charge in [0.15, 0.2) is 0 Å². The number of hydrogen-bond donors (Lipinski definition) is 0. The molecule has 0 atom stereocenters. The summed E-state index contributed by atoms with van der Waals surface area (Å²) >= 11 is 0. The minimum atomic E-state index is -5.11. The van der Waals surface area contributed by atoms with Crippen LogP contribution in [0, 0.1) is 11.6 Å². The normalized spacial score (nSPS) is 11.2. The summed E-state index contributed by atoms with van der Waals surface area (Å²) in [5.74, 6) is -7.19. The molecule has 0 aliphatic heterocycles. The van der Waals surface area contributed by atoms with E-state index in [2.05, 4.69) is 4.74 Å². The number of benzene rings is 1. The molecule has 0 fully saturated rings. The van der Waals surface area contributed by atoms with Crippen molar-refractivity contribution in [2.45, 2.75) is 6.18 Å². The first kappa shape index (κ1) is 14.1. The maximum atomic E-state index is 13.4. The second-order valence-corrected chi connectivity index (χ2v) is 3.10. The summed E-state index contributed by atoms with van der Waals surface area (Å²) in [7, 11) is 0.754. The van der Waals surface area contributed by atoms with E-state index in [1.165, 1.54) is 0 Å². The lowest BCUT2D eigenvalue weighted by Crippen LogP contribution is -2.21. The number of alkyl halides is 3. The minimum absolute atomic E-state index is 0.138. The van der Waals surface area contributed by atoms with Gasteiger partial charge in [-0.25, -0.2) is 13.6 Å². The standard InChI is InChI=1S/C10H5F5O3/c1-18-9(17)8(16)6-5(11)3-2-4(7(6)12)10(13,14)15/h2-3H,1H3. The van der Waals surface area contributed by atoms with Crippen LogP contribution >= 0.6 is 0 Å². The number of halogens is 5. The fourth-order valence-corrected chi connectivity index (χ4v) is 1.17. The lowest BCUT2D eigenvalue weighted by atomic mass is 10.0.